The van der Waals surface area contributed by atoms with Crippen LogP contribution in [0.15, 0.2) is 24.3 Å². The van der Waals surface area contributed by atoms with Gasteiger partial charge in [0.1, 0.15) is 12.4 Å². The van der Waals surface area contributed by atoms with E-state index in [4.69, 9.17) is 16.3 Å². The second-order valence-corrected chi connectivity index (χ2v) is 4.46. The summed E-state index contributed by atoms with van der Waals surface area (Å²) in [5.41, 5.74) is 0. The zero-order valence-electron chi connectivity index (χ0n) is 8.53. The molecule has 1 unspecified atom stereocenters. The molecule has 1 saturated carbocycles. The maximum Gasteiger partial charge on any atom is 0.120 e. The van der Waals surface area contributed by atoms with Gasteiger partial charge in [-0.25, -0.2) is 0 Å². The van der Waals surface area contributed by atoms with E-state index in [-0.39, 0.29) is 6.10 Å². The lowest BCUT2D eigenvalue weighted by molar-refractivity contribution is 0.0241. The highest BCUT2D eigenvalue weighted by Crippen LogP contribution is 2.30. The Kier molecular flexibility index (Phi) is 3.49. The Balaban J connectivity index is 1.81. The first-order chi connectivity index (χ1) is 7.25. The lowest BCUT2D eigenvalue weighted by Crippen LogP contribution is -2.31. The molecule has 0 radical (unpaired) electrons. The number of halogens is 1. The zero-order valence-corrected chi connectivity index (χ0v) is 9.28. The van der Waals surface area contributed by atoms with Crippen LogP contribution in [0, 0.1) is 5.92 Å². The molecule has 2 nitrogen and oxygen atoms in total. The van der Waals surface area contributed by atoms with E-state index in [1.807, 2.05) is 12.1 Å². The molecular formula is C12H15ClO2. The van der Waals surface area contributed by atoms with Crippen LogP contribution in [-0.2, 0) is 0 Å². The molecule has 0 amide bonds. The third-order valence-corrected chi connectivity index (χ3v) is 3.15. The standard InChI is InChI=1S/C12H15ClO2/c13-10-5-2-6-11(7-10)15-8-12(14)9-3-1-4-9/h2,5-7,9,12,14H,1,3-4,8H2. The van der Waals surface area contributed by atoms with Crippen molar-refractivity contribution in [3.8, 4) is 5.75 Å². The maximum absolute atomic E-state index is 9.74. The van der Waals surface area contributed by atoms with Crippen LogP contribution in [0.1, 0.15) is 19.3 Å². The summed E-state index contributed by atoms with van der Waals surface area (Å²) in [6, 6.07) is 7.25. The van der Waals surface area contributed by atoms with Crippen molar-refractivity contribution in [3.05, 3.63) is 29.3 Å². The Bertz CT molecular complexity index is 323. The Labute approximate surface area is 94.8 Å². The zero-order chi connectivity index (χ0) is 10.7. The minimum atomic E-state index is -0.335. The molecule has 0 bridgehead atoms. The number of aliphatic hydroxyl groups excluding tert-OH is 1. The van der Waals surface area contributed by atoms with E-state index in [0.29, 0.717) is 17.5 Å². The Morgan fingerprint density at radius 2 is 2.27 bits per heavy atom. The fourth-order valence-electron chi connectivity index (χ4n) is 1.70. The van der Waals surface area contributed by atoms with Crippen molar-refractivity contribution in [2.75, 3.05) is 6.61 Å². The molecule has 0 aromatic heterocycles. The topological polar surface area (TPSA) is 29.5 Å². The molecule has 1 N–H and O–H groups in total. The number of hydrogen-bond acceptors (Lipinski definition) is 2. The van der Waals surface area contributed by atoms with Crippen LogP contribution in [0.2, 0.25) is 5.02 Å². The minimum Gasteiger partial charge on any atom is -0.491 e. The van der Waals surface area contributed by atoms with Crippen molar-refractivity contribution in [2.24, 2.45) is 5.92 Å². The SMILES string of the molecule is OC(COc1cccc(Cl)c1)C1CCC1. The van der Waals surface area contributed by atoms with Crippen molar-refractivity contribution in [1.82, 2.24) is 0 Å². The maximum atomic E-state index is 9.74. The molecule has 15 heavy (non-hydrogen) atoms. The molecule has 1 aromatic rings. The van der Waals surface area contributed by atoms with Crippen LogP contribution in [0.3, 0.4) is 0 Å². The van der Waals surface area contributed by atoms with E-state index in [9.17, 15) is 5.11 Å². The van der Waals surface area contributed by atoms with E-state index in [1.54, 1.807) is 12.1 Å². The van der Waals surface area contributed by atoms with Crippen molar-refractivity contribution in [3.63, 3.8) is 0 Å². The number of rotatable bonds is 4. The molecule has 82 valence electrons. The number of ether oxygens (including phenoxy) is 1. The van der Waals surface area contributed by atoms with Gasteiger partial charge in [-0.3, -0.25) is 0 Å². The van der Waals surface area contributed by atoms with Crippen LogP contribution in [0.5, 0.6) is 5.75 Å². The van der Waals surface area contributed by atoms with E-state index in [1.165, 1.54) is 6.42 Å². The Morgan fingerprint density at radius 3 is 2.87 bits per heavy atom. The summed E-state index contributed by atoms with van der Waals surface area (Å²) in [5.74, 6) is 1.16. The van der Waals surface area contributed by atoms with Crippen LogP contribution in [-0.4, -0.2) is 17.8 Å². The molecule has 1 aliphatic rings. The predicted octanol–water partition coefficient (Wildman–Crippen LogP) is 2.88. The van der Waals surface area contributed by atoms with Crippen molar-refractivity contribution in [1.29, 1.82) is 0 Å². The molecular weight excluding hydrogens is 212 g/mol. The fraction of sp³-hybridized carbons (Fsp3) is 0.500. The molecule has 1 aliphatic carbocycles. The predicted molar refractivity (Wildman–Crippen MR) is 60.3 cm³/mol. The summed E-state index contributed by atoms with van der Waals surface area (Å²) < 4.78 is 5.47. The minimum absolute atomic E-state index is 0.335. The van der Waals surface area contributed by atoms with Gasteiger partial charge in [-0.2, -0.15) is 0 Å². The highest BCUT2D eigenvalue weighted by molar-refractivity contribution is 6.30. The molecule has 0 spiro atoms. The van der Waals surface area contributed by atoms with Gasteiger partial charge in [0.2, 0.25) is 0 Å². The van der Waals surface area contributed by atoms with Gasteiger partial charge in [0, 0.05) is 5.02 Å². The second-order valence-electron chi connectivity index (χ2n) is 4.03. The lowest BCUT2D eigenvalue weighted by Gasteiger charge is -2.30. The molecule has 0 aliphatic heterocycles. The van der Waals surface area contributed by atoms with Crippen LogP contribution in [0.25, 0.3) is 0 Å². The first-order valence-corrected chi connectivity index (χ1v) is 5.70. The largest absolute Gasteiger partial charge is 0.491 e. The van der Waals surface area contributed by atoms with E-state index in [0.717, 1.165) is 18.6 Å². The van der Waals surface area contributed by atoms with Gasteiger partial charge in [-0.05, 0) is 37.0 Å². The molecule has 1 atom stereocenters. The van der Waals surface area contributed by atoms with E-state index in [2.05, 4.69) is 0 Å². The van der Waals surface area contributed by atoms with Crippen LogP contribution < -0.4 is 4.74 Å². The number of benzene rings is 1. The van der Waals surface area contributed by atoms with Crippen LogP contribution >= 0.6 is 11.6 Å². The summed E-state index contributed by atoms with van der Waals surface area (Å²) in [6.07, 6.45) is 3.15. The summed E-state index contributed by atoms with van der Waals surface area (Å²) in [5, 5.41) is 10.4. The summed E-state index contributed by atoms with van der Waals surface area (Å²) in [6.45, 7) is 0.366. The van der Waals surface area contributed by atoms with Gasteiger partial charge in [0.05, 0.1) is 6.10 Å². The normalized spacial score (nSPS) is 18.3. The lowest BCUT2D eigenvalue weighted by atomic mass is 9.81. The average molecular weight is 227 g/mol. The van der Waals surface area contributed by atoms with Gasteiger partial charge in [0.25, 0.3) is 0 Å². The number of hydrogen-bond donors (Lipinski definition) is 1. The van der Waals surface area contributed by atoms with E-state index < -0.39 is 0 Å². The second kappa shape index (κ2) is 4.86. The highest BCUT2D eigenvalue weighted by atomic mass is 35.5. The highest BCUT2D eigenvalue weighted by Gasteiger charge is 2.25. The summed E-state index contributed by atoms with van der Waals surface area (Å²) >= 11 is 5.82. The monoisotopic (exact) mass is 226 g/mol. The fourth-order valence-corrected chi connectivity index (χ4v) is 1.88. The number of aliphatic hydroxyl groups is 1. The van der Waals surface area contributed by atoms with E-state index >= 15 is 0 Å². The molecule has 1 aromatic carbocycles. The first kappa shape index (κ1) is 10.8. The van der Waals surface area contributed by atoms with Gasteiger partial charge in [-0.1, -0.05) is 24.1 Å². The molecule has 3 heteroatoms. The third-order valence-electron chi connectivity index (χ3n) is 2.91. The first-order valence-electron chi connectivity index (χ1n) is 5.32. The van der Waals surface area contributed by atoms with Crippen molar-refractivity contribution < 1.29 is 9.84 Å². The van der Waals surface area contributed by atoms with Crippen molar-refractivity contribution >= 4 is 11.6 Å². The third kappa shape index (κ3) is 2.86. The molecule has 0 heterocycles. The molecule has 2 rings (SSSR count). The summed E-state index contributed by atoms with van der Waals surface area (Å²) in [4.78, 5) is 0. The average Bonchev–Trinajstić information content (AvgIpc) is 2.12. The summed E-state index contributed by atoms with van der Waals surface area (Å²) in [7, 11) is 0. The Hall–Kier alpha value is -0.730. The van der Waals surface area contributed by atoms with Gasteiger partial charge < -0.3 is 9.84 Å². The quantitative estimate of drug-likeness (QED) is 0.856. The van der Waals surface area contributed by atoms with Gasteiger partial charge >= 0.3 is 0 Å². The van der Waals surface area contributed by atoms with Gasteiger partial charge in [-0.15, -0.1) is 0 Å². The van der Waals surface area contributed by atoms with Crippen LogP contribution in [0.4, 0.5) is 0 Å². The molecule has 1 fully saturated rings. The molecule has 0 saturated heterocycles. The Morgan fingerprint density at radius 1 is 1.47 bits per heavy atom. The van der Waals surface area contributed by atoms with Gasteiger partial charge in [0.15, 0.2) is 0 Å². The van der Waals surface area contributed by atoms with Crippen molar-refractivity contribution in [2.45, 2.75) is 25.4 Å². The smallest absolute Gasteiger partial charge is 0.120 e.